The van der Waals surface area contributed by atoms with Crippen molar-refractivity contribution in [1.29, 1.82) is 0 Å². The zero-order valence-corrected chi connectivity index (χ0v) is 21.7. The largest absolute Gasteiger partial charge is 0.507 e. The molecule has 12 nitrogen and oxygen atoms in total. The summed E-state index contributed by atoms with van der Waals surface area (Å²) < 4.78 is 56.1. The number of rotatable bonds is 5. The standard InChI is InChI=1S/C27H25F3O12/c1-40-12-4-2-3-9-16(12)23(37)19-18(20(9)34)21(35)10-6-26(39,14(33)8-31)7-13(17(10)24(19)38)41-15-5-11(32)22(36)25(42-15)27(28,29)30/h2-4,11,13,15,22,25,31-32,35-36,38-39H,5-8H2,1H3/t11-,13-,15-,22-,25+,26-/m0/s1. The molecule has 0 spiro atoms. The van der Waals surface area contributed by atoms with Gasteiger partial charge in [-0.15, -0.1) is 0 Å². The van der Waals surface area contributed by atoms with Crippen LogP contribution in [0.3, 0.4) is 0 Å². The van der Waals surface area contributed by atoms with Crippen LogP contribution in [0.15, 0.2) is 18.2 Å². The second kappa shape index (κ2) is 10.3. The van der Waals surface area contributed by atoms with E-state index in [9.17, 15) is 58.2 Å². The van der Waals surface area contributed by atoms with Crippen LogP contribution in [0, 0.1) is 0 Å². The van der Waals surface area contributed by atoms with E-state index in [1.807, 2.05) is 0 Å². The average Bonchev–Trinajstić information content (AvgIpc) is 2.93. The number of fused-ring (bicyclic) bond motifs is 3. The fourth-order valence-electron chi connectivity index (χ4n) is 5.77. The number of aliphatic hydroxyl groups excluding tert-OH is 3. The van der Waals surface area contributed by atoms with Gasteiger partial charge in [-0.3, -0.25) is 14.4 Å². The molecule has 15 heteroatoms. The Labute approximate surface area is 234 Å². The van der Waals surface area contributed by atoms with Crippen LogP contribution < -0.4 is 4.74 Å². The van der Waals surface area contributed by atoms with Crippen LogP contribution in [0.2, 0.25) is 0 Å². The summed E-state index contributed by atoms with van der Waals surface area (Å²) in [5.74, 6) is -4.87. The number of carbonyl (C=O) groups excluding carboxylic acids is 3. The van der Waals surface area contributed by atoms with Gasteiger partial charge in [0, 0.05) is 36.0 Å². The van der Waals surface area contributed by atoms with Gasteiger partial charge in [-0.2, -0.15) is 13.2 Å². The number of Topliss-reactive ketones (excluding diaryl/α,β-unsaturated/α-hetero) is 1. The first-order valence-corrected chi connectivity index (χ1v) is 12.6. The van der Waals surface area contributed by atoms with Gasteiger partial charge in [0.25, 0.3) is 0 Å². The first-order chi connectivity index (χ1) is 19.6. The highest BCUT2D eigenvalue weighted by molar-refractivity contribution is 6.31. The number of phenols is 2. The molecular formula is C27H25F3O12. The maximum atomic E-state index is 13.6. The Balaban J connectivity index is 1.67. The Morgan fingerprint density at radius 1 is 1.10 bits per heavy atom. The number of aliphatic hydroxyl groups is 4. The first-order valence-electron chi connectivity index (χ1n) is 12.6. The molecule has 0 saturated carbocycles. The summed E-state index contributed by atoms with van der Waals surface area (Å²) in [5.41, 5.74) is -5.11. The van der Waals surface area contributed by atoms with Crippen molar-refractivity contribution >= 4 is 17.3 Å². The molecule has 1 aliphatic heterocycles. The van der Waals surface area contributed by atoms with Crippen LogP contribution in [0.5, 0.6) is 17.2 Å². The number of phenolic OH excluding ortho intramolecular Hbond substituents is 2. The smallest absolute Gasteiger partial charge is 0.417 e. The van der Waals surface area contributed by atoms with Crippen LogP contribution in [0.25, 0.3) is 0 Å². The molecule has 6 N–H and O–H groups in total. The minimum absolute atomic E-state index is 0.0230. The van der Waals surface area contributed by atoms with Crippen LogP contribution in [-0.2, 0) is 20.7 Å². The summed E-state index contributed by atoms with van der Waals surface area (Å²) in [6.45, 7) is -1.19. The van der Waals surface area contributed by atoms with Gasteiger partial charge in [0.15, 0.2) is 24.0 Å². The number of ether oxygens (including phenoxy) is 3. The monoisotopic (exact) mass is 598 g/mol. The van der Waals surface area contributed by atoms with Gasteiger partial charge in [-0.05, 0) is 6.07 Å². The zero-order valence-electron chi connectivity index (χ0n) is 21.7. The van der Waals surface area contributed by atoms with Crippen LogP contribution >= 0.6 is 0 Å². The Bertz CT molecular complexity index is 1490. The van der Waals surface area contributed by atoms with Crippen molar-refractivity contribution in [1.82, 2.24) is 0 Å². The fourth-order valence-corrected chi connectivity index (χ4v) is 5.77. The minimum atomic E-state index is -5.14. The van der Waals surface area contributed by atoms with Crippen molar-refractivity contribution in [2.45, 2.75) is 61.7 Å². The SMILES string of the molecule is COc1cccc2c1C(=O)c1c(O)c3c(c(O)c1C2=O)C[C@@](O)(C(=O)CO)C[C@@H]3O[C@@H]1C[C@H](O)[C@H](O)[C@H](C(F)(F)F)O1. The lowest BCUT2D eigenvalue weighted by atomic mass is 9.72. The summed E-state index contributed by atoms with van der Waals surface area (Å²) in [5, 5.41) is 63.2. The van der Waals surface area contributed by atoms with Gasteiger partial charge in [-0.1, -0.05) is 12.1 Å². The highest BCUT2D eigenvalue weighted by Gasteiger charge is 2.54. The first kappa shape index (κ1) is 29.9. The van der Waals surface area contributed by atoms with Gasteiger partial charge in [0.2, 0.25) is 5.78 Å². The molecule has 226 valence electrons. The molecule has 5 rings (SSSR count). The molecule has 3 aliphatic rings. The van der Waals surface area contributed by atoms with Gasteiger partial charge < -0.3 is 44.8 Å². The molecule has 0 aromatic heterocycles. The summed E-state index contributed by atoms with van der Waals surface area (Å²) in [6.07, 6.45) is -18.4. The van der Waals surface area contributed by atoms with E-state index in [2.05, 4.69) is 0 Å². The maximum absolute atomic E-state index is 13.6. The predicted octanol–water partition coefficient (Wildman–Crippen LogP) is 0.577. The van der Waals surface area contributed by atoms with Crippen LogP contribution in [0.1, 0.15) is 61.9 Å². The molecule has 0 bridgehead atoms. The molecular weight excluding hydrogens is 573 g/mol. The topological polar surface area (TPSA) is 200 Å². The Morgan fingerprint density at radius 3 is 2.38 bits per heavy atom. The number of hydrogen-bond acceptors (Lipinski definition) is 12. The molecule has 1 saturated heterocycles. The number of hydrogen-bond donors (Lipinski definition) is 6. The van der Waals surface area contributed by atoms with Gasteiger partial charge in [0.1, 0.15) is 35.6 Å². The van der Waals surface area contributed by atoms with E-state index in [1.165, 1.54) is 25.3 Å². The molecule has 1 heterocycles. The number of aromatic hydroxyl groups is 2. The van der Waals surface area contributed by atoms with Crippen molar-refractivity contribution in [3.63, 3.8) is 0 Å². The Kier molecular flexibility index (Phi) is 7.32. The molecule has 2 aromatic carbocycles. The third kappa shape index (κ3) is 4.53. The molecule has 2 aromatic rings. The van der Waals surface area contributed by atoms with E-state index >= 15 is 0 Å². The molecule has 42 heavy (non-hydrogen) atoms. The summed E-state index contributed by atoms with van der Waals surface area (Å²) in [6, 6.07) is 4.08. The molecule has 0 radical (unpaired) electrons. The molecule has 0 unspecified atom stereocenters. The van der Waals surface area contributed by atoms with E-state index < -0.39 is 119 Å². The molecule has 1 fully saturated rings. The quantitative estimate of drug-likeness (QED) is 0.224. The number of ketones is 3. The molecule has 0 amide bonds. The van der Waals surface area contributed by atoms with E-state index in [0.717, 1.165) is 0 Å². The van der Waals surface area contributed by atoms with Gasteiger partial charge in [-0.25, -0.2) is 0 Å². The lowest BCUT2D eigenvalue weighted by molar-refractivity contribution is -0.336. The van der Waals surface area contributed by atoms with Crippen molar-refractivity contribution < 1.29 is 72.4 Å². The predicted molar refractivity (Wildman–Crippen MR) is 130 cm³/mol. The number of methoxy groups -OCH3 is 1. The Morgan fingerprint density at radius 2 is 1.76 bits per heavy atom. The van der Waals surface area contributed by atoms with Crippen molar-refractivity contribution in [3.8, 4) is 17.2 Å². The zero-order chi connectivity index (χ0) is 30.9. The summed E-state index contributed by atoms with van der Waals surface area (Å²) in [7, 11) is 1.24. The van der Waals surface area contributed by atoms with Crippen molar-refractivity contribution in [2.24, 2.45) is 0 Å². The summed E-state index contributed by atoms with van der Waals surface area (Å²) >= 11 is 0. The highest BCUT2D eigenvalue weighted by atomic mass is 19.4. The summed E-state index contributed by atoms with van der Waals surface area (Å²) in [4.78, 5) is 39.6. The molecule has 2 aliphatic carbocycles. The number of halogens is 3. The van der Waals surface area contributed by atoms with E-state index in [-0.39, 0.29) is 16.9 Å². The maximum Gasteiger partial charge on any atom is 0.417 e. The molecule has 6 atom stereocenters. The number of alkyl halides is 3. The highest BCUT2D eigenvalue weighted by Crippen LogP contribution is 2.52. The van der Waals surface area contributed by atoms with E-state index in [4.69, 9.17) is 14.2 Å². The fraction of sp³-hybridized carbons (Fsp3) is 0.444. The normalized spacial score (nSPS) is 29.0. The van der Waals surface area contributed by atoms with Crippen LogP contribution in [-0.4, -0.2) is 98.1 Å². The second-order valence-electron chi connectivity index (χ2n) is 10.3. The number of benzene rings is 2. The van der Waals surface area contributed by atoms with Gasteiger partial charge in [0.05, 0.1) is 36.0 Å². The van der Waals surface area contributed by atoms with E-state index in [1.54, 1.807) is 0 Å². The lowest BCUT2D eigenvalue weighted by Crippen LogP contribution is -2.55. The Hall–Kier alpha value is -3.60. The average molecular weight is 598 g/mol. The van der Waals surface area contributed by atoms with Crippen molar-refractivity contribution in [3.05, 3.63) is 51.6 Å². The van der Waals surface area contributed by atoms with Gasteiger partial charge >= 0.3 is 6.18 Å². The van der Waals surface area contributed by atoms with E-state index in [0.29, 0.717) is 0 Å². The van der Waals surface area contributed by atoms with Crippen molar-refractivity contribution in [2.75, 3.05) is 13.7 Å². The van der Waals surface area contributed by atoms with Crippen LogP contribution in [0.4, 0.5) is 13.2 Å². The third-order valence-electron chi connectivity index (χ3n) is 7.81. The second-order valence-corrected chi connectivity index (χ2v) is 10.3. The number of carbonyl (C=O) groups is 3. The lowest BCUT2D eigenvalue weighted by Gasteiger charge is -2.42. The minimum Gasteiger partial charge on any atom is -0.507 e. The third-order valence-corrected chi connectivity index (χ3v) is 7.81.